The second kappa shape index (κ2) is 9.32. The van der Waals surface area contributed by atoms with Crippen molar-refractivity contribution in [1.82, 2.24) is 4.90 Å². The lowest BCUT2D eigenvalue weighted by atomic mass is 9.96. The molecule has 0 N–H and O–H groups in total. The Hall–Kier alpha value is -1.93. The van der Waals surface area contributed by atoms with Crippen LogP contribution < -0.4 is 0 Å². The summed E-state index contributed by atoms with van der Waals surface area (Å²) in [5.74, 6) is 1.03. The van der Waals surface area contributed by atoms with Crippen LogP contribution >= 0.6 is 0 Å². The van der Waals surface area contributed by atoms with E-state index in [0.717, 1.165) is 18.8 Å². The number of ketones is 1. The van der Waals surface area contributed by atoms with Crippen molar-refractivity contribution in [3.63, 3.8) is 0 Å². The zero-order valence-electron chi connectivity index (χ0n) is 17.1. The van der Waals surface area contributed by atoms with Gasteiger partial charge in [-0.2, -0.15) is 0 Å². The number of unbranched alkanes of at least 4 members (excludes halogenated alkanes) is 1. The minimum absolute atomic E-state index is 0.233. The quantitative estimate of drug-likeness (QED) is 0.494. The molecule has 1 aliphatic rings. The number of carbonyl (C=O) groups is 1. The Bertz CT molecular complexity index is 728. The number of aryl methyl sites for hydroxylation is 2. The molecule has 2 nitrogen and oxygen atoms in total. The lowest BCUT2D eigenvalue weighted by molar-refractivity contribution is -0.118. The summed E-state index contributed by atoms with van der Waals surface area (Å²) >= 11 is 0. The summed E-state index contributed by atoms with van der Waals surface area (Å²) in [5.41, 5.74) is 5.56. The second-order valence-corrected chi connectivity index (χ2v) is 8.31. The number of rotatable bonds is 10. The first-order chi connectivity index (χ1) is 13.0. The third kappa shape index (κ3) is 6.04. The van der Waals surface area contributed by atoms with Gasteiger partial charge in [0.1, 0.15) is 5.78 Å². The average molecular weight is 364 g/mol. The molecule has 3 rings (SSSR count). The first-order valence-corrected chi connectivity index (χ1v) is 10.4. The van der Waals surface area contributed by atoms with Gasteiger partial charge in [0.05, 0.1) is 6.54 Å². The van der Waals surface area contributed by atoms with E-state index in [4.69, 9.17) is 0 Å². The highest BCUT2D eigenvalue weighted by molar-refractivity contribution is 5.77. The van der Waals surface area contributed by atoms with Crippen LogP contribution in [0.2, 0.25) is 0 Å². The lowest BCUT2D eigenvalue weighted by Crippen LogP contribution is -2.29. The lowest BCUT2D eigenvalue weighted by Gasteiger charge is -2.28. The van der Waals surface area contributed by atoms with E-state index in [1.54, 1.807) is 6.92 Å². The van der Waals surface area contributed by atoms with Crippen molar-refractivity contribution in [3.05, 3.63) is 70.8 Å². The summed E-state index contributed by atoms with van der Waals surface area (Å²) < 4.78 is 0. The van der Waals surface area contributed by atoms with Gasteiger partial charge in [-0.15, -0.1) is 0 Å². The maximum Gasteiger partial charge on any atom is 0.143 e. The molecule has 1 aliphatic carbocycles. The molecule has 1 atom stereocenters. The molecule has 0 aliphatic heterocycles. The Labute approximate surface area is 164 Å². The minimum Gasteiger partial charge on any atom is -0.299 e. The van der Waals surface area contributed by atoms with Gasteiger partial charge in [-0.25, -0.2) is 0 Å². The maximum absolute atomic E-state index is 11.6. The highest BCUT2D eigenvalue weighted by atomic mass is 16.1. The van der Waals surface area contributed by atoms with Gasteiger partial charge in [-0.1, -0.05) is 60.5 Å². The summed E-state index contributed by atoms with van der Waals surface area (Å²) in [7, 11) is 2.08. The third-order valence-electron chi connectivity index (χ3n) is 5.69. The maximum atomic E-state index is 11.6. The van der Waals surface area contributed by atoms with Crippen LogP contribution in [0.1, 0.15) is 73.2 Å². The number of hydrogen-bond donors (Lipinski definition) is 0. The van der Waals surface area contributed by atoms with Gasteiger partial charge in [0.15, 0.2) is 0 Å². The van der Waals surface area contributed by atoms with Crippen LogP contribution in [0, 0.1) is 6.92 Å². The van der Waals surface area contributed by atoms with Crippen LogP contribution in [-0.4, -0.2) is 24.3 Å². The molecule has 0 heterocycles. The van der Waals surface area contributed by atoms with Gasteiger partial charge in [-0.3, -0.25) is 9.69 Å². The van der Waals surface area contributed by atoms with Crippen LogP contribution in [0.15, 0.2) is 48.5 Å². The summed E-state index contributed by atoms with van der Waals surface area (Å²) in [5, 5.41) is 0. The first kappa shape index (κ1) is 19.8. The molecule has 2 aromatic carbocycles. The number of carbonyl (C=O) groups excluding carboxylic acids is 1. The third-order valence-corrected chi connectivity index (χ3v) is 5.69. The second-order valence-electron chi connectivity index (χ2n) is 8.31. The zero-order chi connectivity index (χ0) is 19.2. The van der Waals surface area contributed by atoms with Crippen molar-refractivity contribution < 1.29 is 4.79 Å². The molecule has 27 heavy (non-hydrogen) atoms. The Balaban J connectivity index is 1.58. The molecule has 1 unspecified atom stereocenters. The summed E-state index contributed by atoms with van der Waals surface area (Å²) in [4.78, 5) is 13.9. The Morgan fingerprint density at radius 1 is 1.04 bits per heavy atom. The van der Waals surface area contributed by atoms with Crippen molar-refractivity contribution in [2.75, 3.05) is 13.6 Å². The van der Waals surface area contributed by atoms with E-state index in [9.17, 15) is 4.79 Å². The van der Waals surface area contributed by atoms with Crippen LogP contribution in [0.25, 0.3) is 0 Å². The van der Waals surface area contributed by atoms with Gasteiger partial charge < -0.3 is 0 Å². The highest BCUT2D eigenvalue weighted by Gasteiger charge is 2.24. The van der Waals surface area contributed by atoms with Crippen molar-refractivity contribution in [1.29, 1.82) is 0 Å². The first-order valence-electron chi connectivity index (χ1n) is 10.4. The van der Waals surface area contributed by atoms with E-state index in [-0.39, 0.29) is 5.78 Å². The van der Waals surface area contributed by atoms with Gasteiger partial charge in [0.25, 0.3) is 0 Å². The summed E-state index contributed by atoms with van der Waals surface area (Å²) in [6.07, 6.45) is 7.26. The highest BCUT2D eigenvalue weighted by Crippen LogP contribution is 2.40. The topological polar surface area (TPSA) is 20.3 Å². The van der Waals surface area contributed by atoms with E-state index < -0.39 is 0 Å². The monoisotopic (exact) mass is 363 g/mol. The normalized spacial score (nSPS) is 15.1. The van der Waals surface area contributed by atoms with E-state index in [2.05, 4.69) is 67.4 Å². The van der Waals surface area contributed by atoms with E-state index in [1.165, 1.54) is 47.9 Å². The van der Waals surface area contributed by atoms with Gasteiger partial charge in [0.2, 0.25) is 0 Å². The predicted molar refractivity (Wildman–Crippen MR) is 113 cm³/mol. The summed E-state index contributed by atoms with van der Waals surface area (Å²) in [6.45, 7) is 4.34. The molecule has 144 valence electrons. The average Bonchev–Trinajstić information content (AvgIpc) is 3.48. The number of hydrogen-bond acceptors (Lipinski definition) is 2. The fraction of sp³-hybridized carbons (Fsp3) is 0.480. The molecule has 2 aromatic rings. The Morgan fingerprint density at radius 3 is 2.30 bits per heavy atom. The molecular weight excluding hydrogens is 330 g/mol. The van der Waals surface area contributed by atoms with Gasteiger partial charge in [0, 0.05) is 6.04 Å². The predicted octanol–water partition coefficient (Wildman–Crippen LogP) is 5.85. The number of likely N-dealkylation sites (N-methyl/N-ethyl adjacent to an activating group) is 1. The molecule has 0 aromatic heterocycles. The molecule has 2 heteroatoms. The number of nitrogens with zero attached hydrogens (tertiary/aromatic N) is 1. The zero-order valence-corrected chi connectivity index (χ0v) is 17.1. The van der Waals surface area contributed by atoms with Crippen LogP contribution in [0.4, 0.5) is 0 Å². The van der Waals surface area contributed by atoms with Crippen LogP contribution in [0.3, 0.4) is 0 Å². The van der Waals surface area contributed by atoms with Gasteiger partial charge in [-0.05, 0) is 75.6 Å². The van der Waals surface area contributed by atoms with Crippen LogP contribution in [0.5, 0.6) is 0 Å². The van der Waals surface area contributed by atoms with E-state index in [0.29, 0.717) is 12.6 Å². The van der Waals surface area contributed by atoms with Crippen molar-refractivity contribution in [2.45, 2.75) is 64.3 Å². The number of benzene rings is 2. The molecule has 0 bridgehead atoms. The Kier molecular flexibility index (Phi) is 6.84. The van der Waals surface area contributed by atoms with Crippen LogP contribution in [-0.2, 0) is 11.2 Å². The molecule has 1 saturated carbocycles. The van der Waals surface area contributed by atoms with Gasteiger partial charge >= 0.3 is 0 Å². The fourth-order valence-electron chi connectivity index (χ4n) is 3.93. The molecule has 1 fully saturated rings. The van der Waals surface area contributed by atoms with Crippen molar-refractivity contribution in [2.24, 2.45) is 0 Å². The van der Waals surface area contributed by atoms with E-state index in [1.807, 2.05) is 0 Å². The fourth-order valence-corrected chi connectivity index (χ4v) is 3.93. The molecule has 0 spiro atoms. The smallest absolute Gasteiger partial charge is 0.143 e. The molecule has 0 saturated heterocycles. The molecule has 0 radical (unpaired) electrons. The summed E-state index contributed by atoms with van der Waals surface area (Å²) in [6, 6.07) is 18.4. The SMILES string of the molecule is CC(=O)CN(C)C(CCCCc1ccc(C)cc1)c1ccc(C2CC2)cc1. The minimum atomic E-state index is 0.233. The van der Waals surface area contributed by atoms with Crippen molar-refractivity contribution >= 4 is 5.78 Å². The molecular formula is C25H33NO. The molecule has 0 amide bonds. The Morgan fingerprint density at radius 2 is 1.70 bits per heavy atom. The number of Topliss-reactive ketones (excluding diaryl/α,β-unsaturated/α-hetero) is 1. The van der Waals surface area contributed by atoms with E-state index >= 15 is 0 Å². The standard InChI is InChI=1S/C25H33NO/c1-19-8-10-21(11-9-19)6-4-5-7-25(26(3)18-20(2)27)24-16-14-23(15-17-24)22-12-13-22/h8-11,14-17,22,25H,4-7,12-13,18H2,1-3H3. The van der Waals surface area contributed by atoms with Crippen molar-refractivity contribution in [3.8, 4) is 0 Å². The largest absolute Gasteiger partial charge is 0.299 e.